The molecule has 6 nitrogen and oxygen atoms in total. The van der Waals surface area contributed by atoms with Crippen LogP contribution in [0.25, 0.3) is 10.9 Å². The average Bonchev–Trinajstić information content (AvgIpc) is 2.77. The van der Waals surface area contributed by atoms with E-state index >= 15 is 0 Å². The fourth-order valence-corrected chi connectivity index (χ4v) is 2.97. The molecule has 0 saturated heterocycles. The molecule has 0 unspecified atom stereocenters. The number of nitrogens with zero attached hydrogens (tertiary/aromatic N) is 2. The van der Waals surface area contributed by atoms with Crippen molar-refractivity contribution in [2.75, 3.05) is 10.6 Å². The number of hydrogen-bond acceptors (Lipinski definition) is 4. The first-order valence-electron chi connectivity index (χ1n) is 9.10. The normalized spacial score (nSPS) is 10.8. The summed E-state index contributed by atoms with van der Waals surface area (Å²) in [7, 11) is 0. The lowest BCUT2D eigenvalue weighted by molar-refractivity contribution is 0.102. The van der Waals surface area contributed by atoms with Crippen molar-refractivity contribution in [1.82, 2.24) is 9.97 Å². The molecule has 2 amide bonds. The summed E-state index contributed by atoms with van der Waals surface area (Å²) in [5, 5.41) is 4.68. The largest absolute Gasteiger partial charge is 0.323 e. The first kappa shape index (κ1) is 20.9. The van der Waals surface area contributed by atoms with E-state index in [-0.39, 0.29) is 11.4 Å². The van der Waals surface area contributed by atoms with Gasteiger partial charge >= 0.3 is 6.03 Å². The molecule has 0 aliphatic rings. The van der Waals surface area contributed by atoms with Gasteiger partial charge in [0.15, 0.2) is 17.5 Å². The van der Waals surface area contributed by atoms with Gasteiger partial charge in [0.25, 0.3) is 0 Å². The molecule has 4 rings (SSSR count). The van der Waals surface area contributed by atoms with Crippen LogP contribution in [0.3, 0.4) is 0 Å². The Kier molecular flexibility index (Phi) is 5.50. The minimum Gasteiger partial charge on any atom is -0.308 e. The first-order chi connectivity index (χ1) is 15.3. The van der Waals surface area contributed by atoms with Gasteiger partial charge < -0.3 is 10.6 Å². The number of carbonyl (C=O) groups is 2. The van der Waals surface area contributed by atoms with Crippen molar-refractivity contribution in [3.05, 3.63) is 95.5 Å². The van der Waals surface area contributed by atoms with Gasteiger partial charge in [-0.15, -0.1) is 0 Å². The highest BCUT2D eigenvalue weighted by atomic mass is 19.2. The first-order valence-corrected chi connectivity index (χ1v) is 9.10. The molecule has 0 aliphatic heterocycles. The number of hydrogen-bond donors (Lipinski definition) is 2. The van der Waals surface area contributed by atoms with Crippen LogP contribution in [0.15, 0.2) is 60.9 Å². The number of halogens is 4. The van der Waals surface area contributed by atoms with Crippen LogP contribution >= 0.6 is 0 Å². The van der Waals surface area contributed by atoms with Crippen LogP contribution in [-0.4, -0.2) is 21.8 Å². The van der Waals surface area contributed by atoms with E-state index < -0.39 is 46.3 Å². The maximum Gasteiger partial charge on any atom is 0.323 e. The average molecular weight is 440 g/mol. The minimum atomic E-state index is -1.73. The van der Waals surface area contributed by atoms with Crippen molar-refractivity contribution in [2.45, 2.75) is 0 Å². The predicted octanol–water partition coefficient (Wildman–Crippen LogP) is 5.06. The summed E-state index contributed by atoms with van der Waals surface area (Å²) in [6, 6.07) is 8.63. The Bertz CT molecular complexity index is 1380. The highest BCUT2D eigenvalue weighted by Crippen LogP contribution is 2.27. The molecule has 0 bridgehead atoms. The van der Waals surface area contributed by atoms with Gasteiger partial charge in [-0.05, 0) is 30.3 Å². The monoisotopic (exact) mass is 440 g/mol. The highest BCUT2D eigenvalue weighted by molar-refractivity contribution is 6.10. The van der Waals surface area contributed by atoms with Crippen LogP contribution < -0.4 is 10.6 Å². The summed E-state index contributed by atoms with van der Waals surface area (Å²) in [6.45, 7) is 0. The Morgan fingerprint density at radius 2 is 1.66 bits per heavy atom. The molecule has 2 N–H and O–H groups in total. The maximum atomic E-state index is 15.0. The molecule has 2 heterocycles. The van der Waals surface area contributed by atoms with Gasteiger partial charge in [0.05, 0.1) is 17.4 Å². The third kappa shape index (κ3) is 4.10. The van der Waals surface area contributed by atoms with Crippen molar-refractivity contribution in [2.24, 2.45) is 0 Å². The number of amides is 2. The molecule has 0 fully saturated rings. The molecule has 4 aromatic rings. The number of benzene rings is 2. The topological polar surface area (TPSA) is 84.0 Å². The summed E-state index contributed by atoms with van der Waals surface area (Å²) in [4.78, 5) is 32.7. The van der Waals surface area contributed by atoms with Gasteiger partial charge in [0, 0.05) is 23.3 Å². The number of nitrogens with one attached hydrogen (secondary N) is 2. The number of rotatable bonds is 4. The summed E-state index contributed by atoms with van der Waals surface area (Å²) in [5.74, 6) is -6.63. The zero-order valence-corrected chi connectivity index (χ0v) is 16.0. The van der Waals surface area contributed by atoms with E-state index in [2.05, 4.69) is 15.3 Å². The molecule has 0 radical (unpaired) electrons. The van der Waals surface area contributed by atoms with Gasteiger partial charge in [-0.2, -0.15) is 0 Å². The Balaban J connectivity index is 1.66. The molecule has 2 aromatic carbocycles. The van der Waals surface area contributed by atoms with Crippen LogP contribution in [0.1, 0.15) is 16.1 Å². The summed E-state index contributed by atoms with van der Waals surface area (Å²) < 4.78 is 56.7. The zero-order valence-electron chi connectivity index (χ0n) is 16.0. The summed E-state index contributed by atoms with van der Waals surface area (Å²) in [5.41, 5.74) is -1.87. The maximum absolute atomic E-state index is 15.0. The number of aromatic nitrogens is 2. The van der Waals surface area contributed by atoms with Crippen LogP contribution in [0.4, 0.5) is 33.7 Å². The van der Waals surface area contributed by atoms with E-state index in [1.54, 1.807) is 12.1 Å². The standard InChI is InChI=1S/C22H12F4N4O2/c23-12-4-1-5-13(8-12)29-22(32)30-15-9-14(24)19(25)18(20(15)26)21(31)16-7-11-3-2-6-27-17(11)10-28-16/h1-10H,(H2,29,30,32). The van der Waals surface area contributed by atoms with E-state index in [0.717, 1.165) is 12.1 Å². The lowest BCUT2D eigenvalue weighted by atomic mass is 10.0. The van der Waals surface area contributed by atoms with E-state index in [0.29, 0.717) is 17.0 Å². The molecule has 2 aromatic heterocycles. The van der Waals surface area contributed by atoms with Gasteiger partial charge in [0.2, 0.25) is 5.78 Å². The molecule has 0 atom stereocenters. The van der Waals surface area contributed by atoms with Crippen LogP contribution in [0, 0.1) is 23.3 Å². The van der Waals surface area contributed by atoms with Crippen LogP contribution in [0.5, 0.6) is 0 Å². The lowest BCUT2D eigenvalue weighted by Gasteiger charge is -2.12. The number of fused-ring (bicyclic) bond motifs is 1. The van der Waals surface area contributed by atoms with Crippen molar-refractivity contribution in [3.63, 3.8) is 0 Å². The Morgan fingerprint density at radius 3 is 2.44 bits per heavy atom. The molecular weight excluding hydrogens is 428 g/mol. The SMILES string of the molecule is O=C(Nc1cccc(F)c1)Nc1cc(F)c(F)c(C(=O)c2cc3cccnc3cn2)c1F. The quantitative estimate of drug-likeness (QED) is 0.264. The number of carbonyl (C=O) groups excluding carboxylic acids is 2. The Hall–Kier alpha value is -4.34. The molecule has 0 aliphatic carbocycles. The van der Waals surface area contributed by atoms with Crippen molar-refractivity contribution in [3.8, 4) is 0 Å². The molecular formula is C22H12F4N4O2. The second kappa shape index (κ2) is 8.42. The third-order valence-electron chi connectivity index (χ3n) is 4.44. The van der Waals surface area contributed by atoms with Gasteiger partial charge in [-0.25, -0.2) is 22.4 Å². The molecule has 0 spiro atoms. The van der Waals surface area contributed by atoms with Gasteiger partial charge in [-0.3, -0.25) is 14.8 Å². The highest BCUT2D eigenvalue weighted by Gasteiger charge is 2.27. The number of ketones is 1. The lowest BCUT2D eigenvalue weighted by Crippen LogP contribution is -2.22. The molecule has 0 saturated carbocycles. The predicted molar refractivity (Wildman–Crippen MR) is 108 cm³/mol. The van der Waals surface area contributed by atoms with Crippen molar-refractivity contribution >= 4 is 34.1 Å². The van der Waals surface area contributed by atoms with E-state index in [9.17, 15) is 27.2 Å². The number of urea groups is 1. The van der Waals surface area contributed by atoms with Gasteiger partial charge in [-0.1, -0.05) is 12.1 Å². The summed E-state index contributed by atoms with van der Waals surface area (Å²) >= 11 is 0. The van der Waals surface area contributed by atoms with Gasteiger partial charge in [0.1, 0.15) is 17.1 Å². The van der Waals surface area contributed by atoms with E-state index in [1.165, 1.54) is 30.6 Å². The second-order valence-electron chi connectivity index (χ2n) is 6.59. The van der Waals surface area contributed by atoms with Crippen molar-refractivity contribution in [1.29, 1.82) is 0 Å². The minimum absolute atomic E-state index is 0.0377. The number of anilines is 2. The molecule has 160 valence electrons. The summed E-state index contributed by atoms with van der Waals surface area (Å²) in [6.07, 6.45) is 2.74. The van der Waals surface area contributed by atoms with E-state index in [4.69, 9.17) is 0 Å². The fourth-order valence-electron chi connectivity index (χ4n) is 2.97. The second-order valence-corrected chi connectivity index (χ2v) is 6.59. The molecule has 10 heteroatoms. The third-order valence-corrected chi connectivity index (χ3v) is 4.44. The van der Waals surface area contributed by atoms with Crippen molar-refractivity contribution < 1.29 is 27.2 Å². The number of pyridine rings is 2. The molecule has 32 heavy (non-hydrogen) atoms. The fraction of sp³-hybridized carbons (Fsp3) is 0. The smallest absolute Gasteiger partial charge is 0.308 e. The van der Waals surface area contributed by atoms with E-state index in [1.807, 2.05) is 5.32 Å². The Morgan fingerprint density at radius 1 is 0.844 bits per heavy atom. The van der Waals surface area contributed by atoms with Crippen LogP contribution in [-0.2, 0) is 0 Å². The van der Waals surface area contributed by atoms with Crippen LogP contribution in [0.2, 0.25) is 0 Å². The Labute approximate surface area is 177 Å². The zero-order chi connectivity index (χ0) is 22.8.